The van der Waals surface area contributed by atoms with Crippen molar-refractivity contribution < 1.29 is 10.2 Å². The largest absolute Gasteiger partial charge is 0.395 e. The van der Waals surface area contributed by atoms with E-state index in [-0.39, 0.29) is 13.2 Å². The van der Waals surface area contributed by atoms with Crippen LogP contribution in [-0.4, -0.2) is 60.6 Å². The first-order valence-corrected chi connectivity index (χ1v) is 3.36. The number of nitrogens with zero attached hydrogens (tertiary/aromatic N) is 2. The predicted octanol–water partition coefficient (Wildman–Crippen LogP) is -1.25. The highest BCUT2D eigenvalue weighted by Gasteiger charge is 2.02. The van der Waals surface area contributed by atoms with Crippen molar-refractivity contribution in [2.45, 2.75) is 0 Å². The second-order valence-corrected chi connectivity index (χ2v) is 2.21. The maximum atomic E-state index is 8.52. The van der Waals surface area contributed by atoms with Gasteiger partial charge in [0.2, 0.25) is 0 Å². The monoisotopic (exact) mass is 148 g/mol. The van der Waals surface area contributed by atoms with Crippen LogP contribution >= 0.6 is 0 Å². The molecular weight excluding hydrogens is 132 g/mol. The number of hydrogen-bond donors (Lipinski definition) is 2. The standard InChI is InChI=1S/C6H16N2O2/c1-7(3-5-9)8(2)4-6-10/h9-10H,3-6H2,1-2H3. The fourth-order valence-electron chi connectivity index (χ4n) is 0.631. The zero-order valence-corrected chi connectivity index (χ0v) is 6.62. The van der Waals surface area contributed by atoms with E-state index in [0.29, 0.717) is 13.1 Å². The third-order valence-corrected chi connectivity index (χ3v) is 1.43. The molecule has 0 spiro atoms. The number of aliphatic hydroxyl groups excluding tert-OH is 2. The molecule has 0 fully saturated rings. The van der Waals surface area contributed by atoms with E-state index in [0.717, 1.165) is 0 Å². The number of likely N-dealkylation sites (N-methyl/N-ethyl adjacent to an activating group) is 2. The Balaban J connectivity index is 3.38. The van der Waals surface area contributed by atoms with E-state index in [1.807, 2.05) is 24.1 Å². The quantitative estimate of drug-likeness (QED) is 0.478. The van der Waals surface area contributed by atoms with E-state index < -0.39 is 0 Å². The van der Waals surface area contributed by atoms with Gasteiger partial charge in [0.1, 0.15) is 0 Å². The summed E-state index contributed by atoms with van der Waals surface area (Å²) in [6.07, 6.45) is 0. The van der Waals surface area contributed by atoms with E-state index >= 15 is 0 Å². The van der Waals surface area contributed by atoms with Gasteiger partial charge in [-0.25, -0.2) is 10.0 Å². The summed E-state index contributed by atoms with van der Waals surface area (Å²) in [6, 6.07) is 0. The number of hydrazine groups is 1. The predicted molar refractivity (Wildman–Crippen MR) is 39.4 cm³/mol. The Bertz CT molecular complexity index is 70.1. The topological polar surface area (TPSA) is 46.9 Å². The maximum absolute atomic E-state index is 8.52. The number of rotatable bonds is 5. The van der Waals surface area contributed by atoms with Crippen LogP contribution in [0.1, 0.15) is 0 Å². The molecule has 0 bridgehead atoms. The van der Waals surface area contributed by atoms with Crippen molar-refractivity contribution in [3.8, 4) is 0 Å². The average Bonchev–Trinajstić information content (AvgIpc) is 1.89. The summed E-state index contributed by atoms with van der Waals surface area (Å²) < 4.78 is 0. The number of aliphatic hydroxyl groups is 2. The molecule has 0 rings (SSSR count). The molecule has 0 saturated heterocycles. The Morgan fingerprint density at radius 2 is 1.20 bits per heavy atom. The maximum Gasteiger partial charge on any atom is 0.0572 e. The zero-order chi connectivity index (χ0) is 7.98. The minimum Gasteiger partial charge on any atom is -0.395 e. The summed E-state index contributed by atoms with van der Waals surface area (Å²) in [6.45, 7) is 1.51. The van der Waals surface area contributed by atoms with Gasteiger partial charge in [-0.15, -0.1) is 0 Å². The highest BCUT2D eigenvalue weighted by atomic mass is 16.3. The van der Waals surface area contributed by atoms with E-state index in [9.17, 15) is 0 Å². The molecule has 0 radical (unpaired) electrons. The Hall–Kier alpha value is -0.160. The van der Waals surface area contributed by atoms with Crippen LogP contribution in [0.2, 0.25) is 0 Å². The van der Waals surface area contributed by atoms with Gasteiger partial charge < -0.3 is 10.2 Å². The molecule has 0 aromatic rings. The molecule has 0 aliphatic rings. The molecule has 0 aliphatic heterocycles. The molecule has 0 saturated carbocycles. The number of hydrogen-bond acceptors (Lipinski definition) is 4. The van der Waals surface area contributed by atoms with E-state index in [1.54, 1.807) is 0 Å². The van der Waals surface area contributed by atoms with Crippen LogP contribution in [0.4, 0.5) is 0 Å². The van der Waals surface area contributed by atoms with E-state index in [2.05, 4.69) is 0 Å². The first kappa shape index (κ1) is 9.84. The third-order valence-electron chi connectivity index (χ3n) is 1.43. The van der Waals surface area contributed by atoms with Gasteiger partial charge in [0, 0.05) is 27.2 Å². The van der Waals surface area contributed by atoms with Gasteiger partial charge >= 0.3 is 0 Å². The van der Waals surface area contributed by atoms with Crippen LogP contribution in [0.25, 0.3) is 0 Å². The first-order chi connectivity index (χ1) is 4.72. The lowest BCUT2D eigenvalue weighted by Gasteiger charge is -2.26. The Kier molecular flexibility index (Phi) is 5.52. The molecule has 0 amide bonds. The minimum atomic E-state index is 0.145. The Labute approximate surface area is 61.6 Å². The average molecular weight is 148 g/mol. The van der Waals surface area contributed by atoms with Crippen molar-refractivity contribution >= 4 is 0 Å². The summed E-state index contributed by atoms with van der Waals surface area (Å²) in [7, 11) is 3.73. The summed E-state index contributed by atoms with van der Waals surface area (Å²) in [5.41, 5.74) is 0. The molecule has 0 aromatic carbocycles. The fraction of sp³-hybridized carbons (Fsp3) is 1.00. The zero-order valence-electron chi connectivity index (χ0n) is 6.62. The van der Waals surface area contributed by atoms with Crippen molar-refractivity contribution in [2.75, 3.05) is 40.4 Å². The Morgan fingerprint density at radius 1 is 0.900 bits per heavy atom. The van der Waals surface area contributed by atoms with Crippen molar-refractivity contribution in [2.24, 2.45) is 0 Å². The molecule has 0 heterocycles. The fourth-order valence-corrected chi connectivity index (χ4v) is 0.631. The van der Waals surface area contributed by atoms with Crippen LogP contribution in [0.3, 0.4) is 0 Å². The molecule has 10 heavy (non-hydrogen) atoms. The van der Waals surface area contributed by atoms with Crippen molar-refractivity contribution in [1.82, 2.24) is 10.0 Å². The SMILES string of the molecule is CN(CCO)N(C)CCO. The second-order valence-electron chi connectivity index (χ2n) is 2.21. The van der Waals surface area contributed by atoms with Gasteiger partial charge in [-0.1, -0.05) is 0 Å². The lowest BCUT2D eigenvalue weighted by molar-refractivity contribution is 0.00120. The summed E-state index contributed by atoms with van der Waals surface area (Å²) in [5.74, 6) is 0. The molecule has 62 valence electrons. The van der Waals surface area contributed by atoms with Crippen molar-refractivity contribution in [3.63, 3.8) is 0 Å². The van der Waals surface area contributed by atoms with Crippen LogP contribution in [0, 0.1) is 0 Å². The van der Waals surface area contributed by atoms with Gasteiger partial charge in [0.15, 0.2) is 0 Å². The molecular formula is C6H16N2O2. The molecule has 4 heteroatoms. The van der Waals surface area contributed by atoms with Crippen LogP contribution < -0.4 is 0 Å². The summed E-state index contributed by atoms with van der Waals surface area (Å²) in [4.78, 5) is 0. The summed E-state index contributed by atoms with van der Waals surface area (Å²) >= 11 is 0. The van der Waals surface area contributed by atoms with Gasteiger partial charge in [0.05, 0.1) is 13.2 Å². The first-order valence-electron chi connectivity index (χ1n) is 3.36. The van der Waals surface area contributed by atoms with Gasteiger partial charge in [-0.3, -0.25) is 0 Å². The lowest BCUT2D eigenvalue weighted by Crippen LogP contribution is -2.39. The molecule has 4 nitrogen and oxygen atoms in total. The molecule has 0 aliphatic carbocycles. The second kappa shape index (κ2) is 5.61. The molecule has 0 atom stereocenters. The molecule has 0 unspecified atom stereocenters. The van der Waals surface area contributed by atoms with Gasteiger partial charge in [-0.2, -0.15) is 0 Å². The van der Waals surface area contributed by atoms with Crippen LogP contribution in [0.5, 0.6) is 0 Å². The van der Waals surface area contributed by atoms with Gasteiger partial charge in [0.25, 0.3) is 0 Å². The highest BCUT2D eigenvalue weighted by Crippen LogP contribution is 1.87. The van der Waals surface area contributed by atoms with E-state index in [4.69, 9.17) is 10.2 Å². The van der Waals surface area contributed by atoms with E-state index in [1.165, 1.54) is 0 Å². The lowest BCUT2D eigenvalue weighted by atomic mass is 10.6. The minimum absolute atomic E-state index is 0.145. The molecule has 2 N–H and O–H groups in total. The van der Waals surface area contributed by atoms with Gasteiger partial charge in [-0.05, 0) is 0 Å². The smallest absolute Gasteiger partial charge is 0.0572 e. The third kappa shape index (κ3) is 3.79. The normalized spacial score (nSPS) is 11.4. The van der Waals surface area contributed by atoms with Crippen LogP contribution in [-0.2, 0) is 0 Å². The van der Waals surface area contributed by atoms with Crippen molar-refractivity contribution in [1.29, 1.82) is 0 Å². The van der Waals surface area contributed by atoms with Crippen LogP contribution in [0.15, 0.2) is 0 Å². The van der Waals surface area contributed by atoms with Crippen molar-refractivity contribution in [3.05, 3.63) is 0 Å². The highest BCUT2D eigenvalue weighted by molar-refractivity contribution is 4.45. The molecule has 0 aromatic heterocycles. The summed E-state index contributed by atoms with van der Waals surface area (Å²) in [5, 5.41) is 20.8. The Morgan fingerprint density at radius 3 is 1.40 bits per heavy atom.